The molecule has 9 heteroatoms. The van der Waals surface area contributed by atoms with Crippen LogP contribution in [0, 0.1) is 0 Å². The van der Waals surface area contributed by atoms with Gasteiger partial charge in [0.2, 0.25) is 0 Å². The van der Waals surface area contributed by atoms with Crippen molar-refractivity contribution in [2.24, 2.45) is 0 Å². The van der Waals surface area contributed by atoms with Crippen LogP contribution in [-0.2, 0) is 4.79 Å². The van der Waals surface area contributed by atoms with E-state index in [0.29, 0.717) is 0 Å². The number of nitrogens with two attached hydrogens (primary N) is 1. The van der Waals surface area contributed by atoms with Crippen LogP contribution in [0.15, 0.2) is 18.3 Å². The fraction of sp³-hybridized carbons (Fsp3) is 0.300. The lowest BCUT2D eigenvalue weighted by Crippen LogP contribution is -2.42. The van der Waals surface area contributed by atoms with Crippen LogP contribution in [0.1, 0.15) is 10.5 Å². The zero-order chi connectivity index (χ0) is 14.6. The second kappa shape index (κ2) is 5.55. The maximum absolute atomic E-state index is 12.3. The summed E-state index contributed by atoms with van der Waals surface area (Å²) in [4.78, 5) is 25.9. The van der Waals surface area contributed by atoms with Crippen LogP contribution >= 0.6 is 0 Å². The van der Waals surface area contributed by atoms with Gasteiger partial charge in [0.05, 0.1) is 11.9 Å². The van der Waals surface area contributed by atoms with Gasteiger partial charge in [-0.25, -0.2) is 4.98 Å². The molecule has 1 rings (SSSR count). The first-order chi connectivity index (χ1) is 8.69. The molecule has 0 aliphatic rings. The van der Waals surface area contributed by atoms with Crippen LogP contribution in [0.25, 0.3) is 0 Å². The van der Waals surface area contributed by atoms with Crippen LogP contribution in [0.3, 0.4) is 0 Å². The molecular weight excluding hydrogens is 267 g/mol. The highest BCUT2D eigenvalue weighted by molar-refractivity contribution is 5.94. The third kappa shape index (κ3) is 4.82. The number of hydrogen-bond donors (Lipinski definition) is 2. The highest BCUT2D eigenvalue weighted by Crippen LogP contribution is 2.17. The zero-order valence-electron chi connectivity index (χ0n) is 9.52. The van der Waals surface area contributed by atoms with E-state index >= 15 is 0 Å². The predicted molar refractivity (Wildman–Crippen MR) is 58.2 cm³/mol. The molecule has 19 heavy (non-hydrogen) atoms. The van der Waals surface area contributed by atoms with Gasteiger partial charge in [-0.2, -0.15) is 13.2 Å². The van der Waals surface area contributed by atoms with Crippen LogP contribution < -0.4 is 5.73 Å². The summed E-state index contributed by atoms with van der Waals surface area (Å²) >= 11 is 0. The zero-order valence-corrected chi connectivity index (χ0v) is 9.52. The molecule has 3 N–H and O–H groups in total. The lowest BCUT2D eigenvalue weighted by atomic mass is 10.3. The molecule has 0 bridgehead atoms. The molecule has 0 aliphatic carbocycles. The standard InChI is InChI=1S/C10H10F3N3O3/c11-10(12,13)5-16(4-8(17)18)9(19)7-2-1-6(14)3-15-7/h1-3H,4-5,14H2,(H,17,18). The van der Waals surface area contributed by atoms with Gasteiger partial charge >= 0.3 is 12.1 Å². The second-order valence-electron chi connectivity index (χ2n) is 3.65. The van der Waals surface area contributed by atoms with E-state index in [4.69, 9.17) is 10.8 Å². The van der Waals surface area contributed by atoms with E-state index in [0.717, 1.165) is 12.3 Å². The molecule has 0 radical (unpaired) electrons. The fourth-order valence-electron chi connectivity index (χ4n) is 1.27. The molecule has 0 unspecified atom stereocenters. The number of aliphatic carboxylic acids is 1. The second-order valence-corrected chi connectivity index (χ2v) is 3.65. The Balaban J connectivity index is 2.93. The van der Waals surface area contributed by atoms with Crippen LogP contribution in [-0.4, -0.2) is 46.1 Å². The van der Waals surface area contributed by atoms with Gasteiger partial charge in [0, 0.05) is 0 Å². The van der Waals surface area contributed by atoms with Gasteiger partial charge in [0.25, 0.3) is 5.91 Å². The Hall–Kier alpha value is -2.32. The number of nitrogens with zero attached hydrogens (tertiary/aromatic N) is 2. The largest absolute Gasteiger partial charge is 0.480 e. The molecule has 0 saturated carbocycles. The molecule has 0 spiro atoms. The van der Waals surface area contributed by atoms with Crippen molar-refractivity contribution in [1.82, 2.24) is 9.88 Å². The Morgan fingerprint density at radius 3 is 2.42 bits per heavy atom. The molecule has 104 valence electrons. The van der Waals surface area contributed by atoms with Crippen molar-refractivity contribution in [1.29, 1.82) is 0 Å². The van der Waals surface area contributed by atoms with Crippen molar-refractivity contribution in [2.45, 2.75) is 6.18 Å². The number of amides is 1. The van der Waals surface area contributed by atoms with Crippen molar-refractivity contribution in [2.75, 3.05) is 18.8 Å². The minimum atomic E-state index is -4.70. The normalized spacial score (nSPS) is 11.1. The molecule has 0 aliphatic heterocycles. The Morgan fingerprint density at radius 1 is 1.37 bits per heavy atom. The van der Waals surface area contributed by atoms with Gasteiger partial charge in [0.1, 0.15) is 18.8 Å². The highest BCUT2D eigenvalue weighted by atomic mass is 19.4. The molecule has 1 amide bonds. The number of carbonyl (C=O) groups is 2. The number of anilines is 1. The Morgan fingerprint density at radius 2 is 2.00 bits per heavy atom. The van der Waals surface area contributed by atoms with Gasteiger partial charge in [0.15, 0.2) is 0 Å². The van der Waals surface area contributed by atoms with Crippen molar-refractivity contribution < 1.29 is 27.9 Å². The SMILES string of the molecule is Nc1ccc(C(=O)N(CC(=O)O)CC(F)(F)F)nc1. The average molecular weight is 277 g/mol. The summed E-state index contributed by atoms with van der Waals surface area (Å²) in [6, 6.07) is 2.41. The Bertz CT molecular complexity index is 473. The fourth-order valence-corrected chi connectivity index (χ4v) is 1.27. The van der Waals surface area contributed by atoms with E-state index in [1.807, 2.05) is 0 Å². The van der Waals surface area contributed by atoms with E-state index in [9.17, 15) is 22.8 Å². The number of alkyl halides is 3. The summed E-state index contributed by atoms with van der Waals surface area (Å²) in [5.74, 6) is -2.67. The molecule has 0 aromatic carbocycles. The van der Waals surface area contributed by atoms with Gasteiger partial charge in [-0.1, -0.05) is 0 Å². The number of carboxylic acids is 1. The number of rotatable bonds is 4. The number of halogens is 3. The van der Waals surface area contributed by atoms with Crippen molar-refractivity contribution in [3.63, 3.8) is 0 Å². The molecule has 0 saturated heterocycles. The molecule has 1 aromatic rings. The quantitative estimate of drug-likeness (QED) is 0.846. The number of pyridine rings is 1. The van der Waals surface area contributed by atoms with Crippen LogP contribution in [0.5, 0.6) is 0 Å². The van der Waals surface area contributed by atoms with Crippen LogP contribution in [0.2, 0.25) is 0 Å². The van der Waals surface area contributed by atoms with Gasteiger partial charge in [-0.15, -0.1) is 0 Å². The average Bonchev–Trinajstić information content (AvgIpc) is 2.25. The third-order valence-corrected chi connectivity index (χ3v) is 1.99. The lowest BCUT2D eigenvalue weighted by Gasteiger charge is -2.21. The molecule has 6 nitrogen and oxygen atoms in total. The topological polar surface area (TPSA) is 96.5 Å². The van der Waals surface area contributed by atoms with Crippen LogP contribution in [0.4, 0.5) is 18.9 Å². The van der Waals surface area contributed by atoms with Crippen molar-refractivity contribution in [3.8, 4) is 0 Å². The smallest absolute Gasteiger partial charge is 0.406 e. The number of carbonyl (C=O) groups excluding carboxylic acids is 1. The number of carboxylic acid groups (broad SMARTS) is 1. The maximum Gasteiger partial charge on any atom is 0.406 e. The summed E-state index contributed by atoms with van der Waals surface area (Å²) in [5, 5.41) is 8.52. The van der Waals surface area contributed by atoms with E-state index in [2.05, 4.69) is 4.98 Å². The Labute approximate surface area is 105 Å². The minimum absolute atomic E-state index is 0.154. The first-order valence-corrected chi connectivity index (χ1v) is 4.98. The molecular formula is C10H10F3N3O3. The van der Waals surface area contributed by atoms with E-state index in [-0.39, 0.29) is 16.3 Å². The summed E-state index contributed by atoms with van der Waals surface area (Å²) in [7, 11) is 0. The van der Waals surface area contributed by atoms with E-state index < -0.39 is 31.1 Å². The minimum Gasteiger partial charge on any atom is -0.480 e. The first kappa shape index (κ1) is 14.7. The van der Waals surface area contributed by atoms with Gasteiger partial charge in [-0.05, 0) is 12.1 Å². The monoisotopic (exact) mass is 277 g/mol. The maximum atomic E-state index is 12.3. The molecule has 0 atom stereocenters. The number of nitrogen functional groups attached to an aromatic ring is 1. The molecule has 1 heterocycles. The van der Waals surface area contributed by atoms with Crippen molar-refractivity contribution in [3.05, 3.63) is 24.0 Å². The number of hydrogen-bond acceptors (Lipinski definition) is 4. The lowest BCUT2D eigenvalue weighted by molar-refractivity contribution is -0.149. The van der Waals surface area contributed by atoms with Crippen molar-refractivity contribution >= 4 is 17.6 Å². The van der Waals surface area contributed by atoms with E-state index in [1.54, 1.807) is 0 Å². The summed E-state index contributed by atoms with van der Waals surface area (Å²) < 4.78 is 36.8. The summed E-state index contributed by atoms with van der Waals surface area (Å²) in [5.41, 5.74) is 5.25. The van der Waals surface area contributed by atoms with Gasteiger partial charge < -0.3 is 15.7 Å². The van der Waals surface area contributed by atoms with Gasteiger partial charge in [-0.3, -0.25) is 9.59 Å². The summed E-state index contributed by atoms with van der Waals surface area (Å²) in [6.45, 7) is -2.73. The first-order valence-electron chi connectivity index (χ1n) is 4.98. The third-order valence-electron chi connectivity index (χ3n) is 1.99. The Kier molecular flexibility index (Phi) is 4.30. The van der Waals surface area contributed by atoms with E-state index in [1.165, 1.54) is 6.07 Å². The highest BCUT2D eigenvalue weighted by Gasteiger charge is 2.34. The molecule has 1 aromatic heterocycles. The molecule has 0 fully saturated rings. The predicted octanol–water partition coefficient (Wildman–Crippen LogP) is 0.753. The number of aromatic nitrogens is 1. The summed E-state index contributed by atoms with van der Waals surface area (Å²) in [6.07, 6.45) is -3.60.